The second kappa shape index (κ2) is 9.27. The molecule has 0 saturated heterocycles. The van der Waals surface area contributed by atoms with Crippen LogP contribution in [0.25, 0.3) is 11.3 Å². The van der Waals surface area contributed by atoms with Gasteiger partial charge < -0.3 is 10.1 Å². The van der Waals surface area contributed by atoms with E-state index >= 15 is 0 Å². The number of methoxy groups -OCH3 is 1. The maximum absolute atomic E-state index is 11.7. The first-order valence-electron chi connectivity index (χ1n) is 8.37. The molecule has 3 aromatic rings. The minimum atomic E-state index is -0.386. The molecule has 0 spiro atoms. The number of hydrogen-bond acceptors (Lipinski definition) is 6. The highest BCUT2D eigenvalue weighted by molar-refractivity contribution is 5.91. The zero-order chi connectivity index (χ0) is 18.9. The van der Waals surface area contributed by atoms with E-state index in [2.05, 4.69) is 20.3 Å². The molecule has 0 saturated carbocycles. The van der Waals surface area contributed by atoms with Gasteiger partial charge in [0.1, 0.15) is 0 Å². The van der Waals surface area contributed by atoms with Crippen molar-refractivity contribution >= 4 is 17.6 Å². The molecule has 0 radical (unpaired) electrons. The summed E-state index contributed by atoms with van der Waals surface area (Å²) in [5, 5.41) is 3.15. The van der Waals surface area contributed by atoms with E-state index in [1.807, 2.05) is 45.0 Å². The number of benzene rings is 1. The monoisotopic (exact) mass is 350 g/mol. The summed E-state index contributed by atoms with van der Waals surface area (Å²) in [5.74, 6) is 0.0598. The number of pyridine rings is 1. The summed E-state index contributed by atoms with van der Waals surface area (Å²) < 4.78 is 4.75. The van der Waals surface area contributed by atoms with Crippen molar-refractivity contribution in [1.29, 1.82) is 0 Å². The lowest BCUT2D eigenvalue weighted by atomic mass is 10.1. The third kappa shape index (κ3) is 4.63. The zero-order valence-electron chi connectivity index (χ0n) is 15.4. The highest BCUT2D eigenvalue weighted by Gasteiger charge is 2.09. The van der Waals surface area contributed by atoms with E-state index in [4.69, 9.17) is 4.74 Å². The maximum atomic E-state index is 11.7. The standard InChI is InChI=1S/C18H16N4O2.C2H6/c1-12-5-6-13(17(23)24-2)10-16(12)22-18-20-9-7-15(21-18)14-4-3-8-19-11-14;1-2/h3-11H,1-2H3,(H,20,21,22);1-2H3. The summed E-state index contributed by atoms with van der Waals surface area (Å²) in [4.78, 5) is 24.5. The van der Waals surface area contributed by atoms with Crippen molar-refractivity contribution in [3.05, 3.63) is 66.1 Å². The van der Waals surface area contributed by atoms with Gasteiger partial charge in [0.2, 0.25) is 5.95 Å². The van der Waals surface area contributed by atoms with Crippen LogP contribution in [-0.4, -0.2) is 28.0 Å². The van der Waals surface area contributed by atoms with Gasteiger partial charge in [0.05, 0.1) is 18.4 Å². The number of aromatic nitrogens is 3. The normalized spacial score (nSPS) is 9.69. The molecule has 0 unspecified atom stereocenters. The molecule has 6 heteroatoms. The van der Waals surface area contributed by atoms with Crippen LogP contribution in [0.5, 0.6) is 0 Å². The smallest absolute Gasteiger partial charge is 0.337 e. The number of carbonyl (C=O) groups excluding carboxylic acids is 1. The van der Waals surface area contributed by atoms with Crippen molar-refractivity contribution in [2.75, 3.05) is 12.4 Å². The average molecular weight is 350 g/mol. The molecule has 2 aromatic heterocycles. The van der Waals surface area contributed by atoms with Gasteiger partial charge in [-0.2, -0.15) is 0 Å². The van der Waals surface area contributed by atoms with Gasteiger partial charge in [-0.3, -0.25) is 4.98 Å². The summed E-state index contributed by atoms with van der Waals surface area (Å²) in [6.45, 7) is 5.94. The molecule has 0 aliphatic heterocycles. The van der Waals surface area contributed by atoms with E-state index in [1.54, 1.807) is 30.7 Å². The van der Waals surface area contributed by atoms with Crippen molar-refractivity contribution < 1.29 is 9.53 Å². The Balaban J connectivity index is 0.00000117. The average Bonchev–Trinajstić information content (AvgIpc) is 2.71. The van der Waals surface area contributed by atoms with E-state index in [0.717, 1.165) is 22.5 Å². The summed E-state index contributed by atoms with van der Waals surface area (Å²) in [6, 6.07) is 10.9. The molecule has 6 nitrogen and oxygen atoms in total. The number of esters is 1. The minimum Gasteiger partial charge on any atom is -0.465 e. The van der Waals surface area contributed by atoms with Crippen LogP contribution < -0.4 is 5.32 Å². The number of carbonyl (C=O) groups is 1. The highest BCUT2D eigenvalue weighted by atomic mass is 16.5. The highest BCUT2D eigenvalue weighted by Crippen LogP contribution is 2.22. The molecule has 134 valence electrons. The van der Waals surface area contributed by atoms with Crippen LogP contribution in [0.4, 0.5) is 11.6 Å². The van der Waals surface area contributed by atoms with Crippen molar-refractivity contribution in [3.8, 4) is 11.3 Å². The van der Waals surface area contributed by atoms with Crippen molar-refractivity contribution in [2.45, 2.75) is 20.8 Å². The molecular formula is C20H22N4O2. The Morgan fingerprint density at radius 3 is 2.62 bits per heavy atom. The first kappa shape index (κ1) is 19.1. The fraction of sp³-hybridized carbons (Fsp3) is 0.200. The lowest BCUT2D eigenvalue weighted by Gasteiger charge is -2.10. The molecule has 0 bridgehead atoms. The lowest BCUT2D eigenvalue weighted by Crippen LogP contribution is -2.04. The van der Waals surface area contributed by atoms with E-state index in [1.165, 1.54) is 7.11 Å². The number of aryl methyl sites for hydroxylation is 1. The second-order valence-electron chi connectivity index (χ2n) is 5.15. The molecule has 1 aromatic carbocycles. The fourth-order valence-corrected chi connectivity index (χ4v) is 2.22. The van der Waals surface area contributed by atoms with Crippen LogP contribution in [0.2, 0.25) is 0 Å². The Morgan fingerprint density at radius 2 is 1.92 bits per heavy atom. The van der Waals surface area contributed by atoms with Gasteiger partial charge in [0, 0.05) is 29.8 Å². The number of nitrogens with zero attached hydrogens (tertiary/aromatic N) is 3. The van der Waals surface area contributed by atoms with Gasteiger partial charge in [-0.25, -0.2) is 14.8 Å². The van der Waals surface area contributed by atoms with Gasteiger partial charge in [-0.05, 0) is 42.8 Å². The third-order valence-corrected chi connectivity index (χ3v) is 3.52. The summed E-state index contributed by atoms with van der Waals surface area (Å²) in [6.07, 6.45) is 5.14. The first-order chi connectivity index (χ1) is 12.7. The number of anilines is 2. The summed E-state index contributed by atoms with van der Waals surface area (Å²) >= 11 is 0. The van der Waals surface area contributed by atoms with Gasteiger partial charge in [-0.1, -0.05) is 19.9 Å². The van der Waals surface area contributed by atoms with Crippen LogP contribution in [0, 0.1) is 6.92 Å². The van der Waals surface area contributed by atoms with Crippen LogP contribution in [0.15, 0.2) is 55.0 Å². The summed E-state index contributed by atoms with van der Waals surface area (Å²) in [7, 11) is 1.36. The Kier molecular flexibility index (Phi) is 6.79. The van der Waals surface area contributed by atoms with Gasteiger partial charge in [-0.15, -0.1) is 0 Å². The number of ether oxygens (including phenoxy) is 1. The molecule has 1 N–H and O–H groups in total. The number of rotatable bonds is 4. The quantitative estimate of drug-likeness (QED) is 0.703. The molecule has 0 atom stereocenters. The SMILES string of the molecule is CC.COC(=O)c1ccc(C)c(Nc2nccc(-c3cccnc3)n2)c1. The second-order valence-corrected chi connectivity index (χ2v) is 5.15. The molecule has 26 heavy (non-hydrogen) atoms. The Morgan fingerprint density at radius 1 is 1.12 bits per heavy atom. The summed E-state index contributed by atoms with van der Waals surface area (Å²) in [5.41, 5.74) is 3.86. The third-order valence-electron chi connectivity index (χ3n) is 3.52. The van der Waals surface area contributed by atoms with Gasteiger partial charge in [0.15, 0.2) is 0 Å². The van der Waals surface area contributed by atoms with Crippen molar-refractivity contribution in [1.82, 2.24) is 15.0 Å². The van der Waals surface area contributed by atoms with Crippen molar-refractivity contribution in [3.63, 3.8) is 0 Å². The van der Waals surface area contributed by atoms with E-state index in [9.17, 15) is 4.79 Å². The molecule has 2 heterocycles. The maximum Gasteiger partial charge on any atom is 0.337 e. The first-order valence-corrected chi connectivity index (χ1v) is 8.37. The Labute approximate surface area is 153 Å². The van der Waals surface area contributed by atoms with Crippen molar-refractivity contribution in [2.24, 2.45) is 0 Å². The molecule has 0 aliphatic rings. The zero-order valence-corrected chi connectivity index (χ0v) is 15.4. The fourth-order valence-electron chi connectivity index (χ4n) is 2.22. The molecule has 0 aliphatic carbocycles. The van der Waals surface area contributed by atoms with Crippen LogP contribution in [0.1, 0.15) is 29.8 Å². The molecular weight excluding hydrogens is 328 g/mol. The van der Waals surface area contributed by atoms with Gasteiger partial charge in [0.25, 0.3) is 0 Å². The van der Waals surface area contributed by atoms with E-state index in [0.29, 0.717) is 11.5 Å². The van der Waals surface area contributed by atoms with Crippen LogP contribution in [0.3, 0.4) is 0 Å². The lowest BCUT2D eigenvalue weighted by molar-refractivity contribution is 0.0601. The Bertz CT molecular complexity index is 867. The minimum absolute atomic E-state index is 0.386. The molecule has 0 fully saturated rings. The molecule has 0 amide bonds. The number of hydrogen-bond donors (Lipinski definition) is 1. The van der Waals surface area contributed by atoms with Gasteiger partial charge >= 0.3 is 5.97 Å². The molecule has 3 rings (SSSR count). The van der Waals surface area contributed by atoms with E-state index in [-0.39, 0.29) is 5.97 Å². The van der Waals surface area contributed by atoms with E-state index < -0.39 is 0 Å². The topological polar surface area (TPSA) is 77.0 Å². The van der Waals surface area contributed by atoms with Crippen LogP contribution in [-0.2, 0) is 4.74 Å². The number of nitrogens with one attached hydrogen (secondary N) is 1. The van der Waals surface area contributed by atoms with Crippen LogP contribution >= 0.6 is 0 Å². The predicted octanol–water partition coefficient (Wildman–Crippen LogP) is 4.40. The Hall–Kier alpha value is -3.28. The predicted molar refractivity (Wildman–Crippen MR) is 102 cm³/mol. The largest absolute Gasteiger partial charge is 0.465 e.